The lowest BCUT2D eigenvalue weighted by atomic mass is 10.2. The highest BCUT2D eigenvalue weighted by Crippen LogP contribution is 2.34. The van der Waals surface area contributed by atoms with E-state index in [9.17, 15) is 0 Å². The number of hydrogen-bond donors (Lipinski definition) is 1. The molecule has 3 aromatic rings. The molecule has 6 heteroatoms. The Labute approximate surface area is 129 Å². The first-order valence-corrected chi connectivity index (χ1v) is 8.06. The fraction of sp³-hybridized carbons (Fsp3) is 0.286. The highest BCUT2D eigenvalue weighted by molar-refractivity contribution is 9.10. The molecule has 0 spiro atoms. The van der Waals surface area contributed by atoms with Crippen molar-refractivity contribution in [3.05, 3.63) is 28.4 Å². The molecule has 0 aliphatic heterocycles. The standard InChI is InChI=1S/C14H15BrN4S/c1-3-6-19-11-5-4-9(15)7-10(11)17-14(19)12-8(2)18-20-13(12)16/h4-5,7H,3,6,16H2,1-2H3. The van der Waals surface area contributed by atoms with Gasteiger partial charge >= 0.3 is 0 Å². The molecule has 0 fully saturated rings. The summed E-state index contributed by atoms with van der Waals surface area (Å²) in [4.78, 5) is 4.78. The van der Waals surface area contributed by atoms with Crippen LogP contribution >= 0.6 is 27.5 Å². The number of aryl methyl sites for hydroxylation is 2. The van der Waals surface area contributed by atoms with Crippen molar-refractivity contribution in [3.8, 4) is 11.4 Å². The van der Waals surface area contributed by atoms with Crippen LogP contribution in [0.25, 0.3) is 22.4 Å². The third-order valence-electron chi connectivity index (χ3n) is 3.27. The van der Waals surface area contributed by atoms with Crippen molar-refractivity contribution in [2.75, 3.05) is 5.73 Å². The fourth-order valence-corrected chi connectivity index (χ4v) is 3.41. The van der Waals surface area contributed by atoms with E-state index in [1.807, 2.05) is 19.1 Å². The van der Waals surface area contributed by atoms with E-state index in [4.69, 9.17) is 10.7 Å². The highest BCUT2D eigenvalue weighted by Gasteiger charge is 2.18. The zero-order valence-electron chi connectivity index (χ0n) is 11.4. The van der Waals surface area contributed by atoms with Gasteiger partial charge in [-0.3, -0.25) is 0 Å². The number of hydrogen-bond acceptors (Lipinski definition) is 4. The maximum absolute atomic E-state index is 6.08. The number of rotatable bonds is 3. The van der Waals surface area contributed by atoms with E-state index in [0.717, 1.165) is 50.6 Å². The Balaban J connectivity index is 2.32. The third-order valence-corrected chi connectivity index (χ3v) is 4.53. The van der Waals surface area contributed by atoms with Gasteiger partial charge in [0.1, 0.15) is 10.8 Å². The molecule has 0 aliphatic carbocycles. The molecular formula is C14H15BrN4S. The van der Waals surface area contributed by atoms with Gasteiger partial charge in [0, 0.05) is 11.0 Å². The van der Waals surface area contributed by atoms with Gasteiger partial charge < -0.3 is 10.3 Å². The second kappa shape index (κ2) is 5.18. The molecule has 0 amide bonds. The minimum atomic E-state index is 0.731. The summed E-state index contributed by atoms with van der Waals surface area (Å²) in [6.45, 7) is 5.06. The Bertz CT molecular complexity index is 755. The molecule has 0 unspecified atom stereocenters. The number of nitrogens with zero attached hydrogens (tertiary/aromatic N) is 3. The summed E-state index contributed by atoms with van der Waals surface area (Å²) in [7, 11) is 0. The molecule has 3 rings (SSSR count). The molecule has 2 heterocycles. The molecule has 20 heavy (non-hydrogen) atoms. The minimum absolute atomic E-state index is 0.731. The highest BCUT2D eigenvalue weighted by atomic mass is 79.9. The second-order valence-corrected chi connectivity index (χ2v) is 6.45. The Morgan fingerprint density at radius 2 is 2.20 bits per heavy atom. The summed E-state index contributed by atoms with van der Waals surface area (Å²) in [5.74, 6) is 0.920. The number of nitrogens with two attached hydrogens (primary N) is 1. The van der Waals surface area contributed by atoms with Gasteiger partial charge in [0.25, 0.3) is 0 Å². The third kappa shape index (κ3) is 2.13. The van der Waals surface area contributed by atoms with Crippen LogP contribution in [0.3, 0.4) is 0 Å². The largest absolute Gasteiger partial charge is 0.389 e. The van der Waals surface area contributed by atoms with Gasteiger partial charge in [-0.25, -0.2) is 4.98 Å². The van der Waals surface area contributed by atoms with E-state index in [1.54, 1.807) is 0 Å². The molecule has 104 valence electrons. The number of anilines is 1. The van der Waals surface area contributed by atoms with E-state index in [2.05, 4.69) is 37.9 Å². The Kier molecular flexibility index (Phi) is 3.52. The van der Waals surface area contributed by atoms with Crippen LogP contribution in [0.2, 0.25) is 0 Å². The van der Waals surface area contributed by atoms with Crippen LogP contribution in [-0.2, 0) is 6.54 Å². The van der Waals surface area contributed by atoms with Crippen molar-refractivity contribution in [1.82, 2.24) is 13.9 Å². The first kappa shape index (κ1) is 13.6. The summed E-state index contributed by atoms with van der Waals surface area (Å²) in [6, 6.07) is 6.18. The minimum Gasteiger partial charge on any atom is -0.389 e. The van der Waals surface area contributed by atoms with Gasteiger partial charge in [-0.15, -0.1) is 0 Å². The molecule has 0 bridgehead atoms. The monoisotopic (exact) mass is 350 g/mol. The number of fused-ring (bicyclic) bond motifs is 1. The predicted octanol–water partition coefficient (Wildman–Crippen LogP) is 4.22. The van der Waals surface area contributed by atoms with Crippen LogP contribution in [0.1, 0.15) is 19.0 Å². The van der Waals surface area contributed by atoms with Crippen molar-refractivity contribution in [2.45, 2.75) is 26.8 Å². The molecule has 0 saturated heterocycles. The Morgan fingerprint density at radius 3 is 2.85 bits per heavy atom. The number of halogens is 1. The molecule has 2 aromatic heterocycles. The van der Waals surface area contributed by atoms with Gasteiger partial charge in [-0.1, -0.05) is 22.9 Å². The molecule has 0 aliphatic rings. The number of aromatic nitrogens is 3. The lowest BCUT2D eigenvalue weighted by Crippen LogP contribution is -2.01. The van der Waals surface area contributed by atoms with Crippen LogP contribution in [-0.4, -0.2) is 13.9 Å². The molecule has 0 radical (unpaired) electrons. The van der Waals surface area contributed by atoms with Crippen LogP contribution in [0.4, 0.5) is 5.00 Å². The van der Waals surface area contributed by atoms with Crippen LogP contribution in [0.15, 0.2) is 22.7 Å². The van der Waals surface area contributed by atoms with Crippen molar-refractivity contribution in [2.24, 2.45) is 0 Å². The van der Waals surface area contributed by atoms with Crippen molar-refractivity contribution in [1.29, 1.82) is 0 Å². The average molecular weight is 351 g/mol. The summed E-state index contributed by atoms with van der Waals surface area (Å²) in [6.07, 6.45) is 1.05. The number of imidazole rings is 1. The van der Waals surface area contributed by atoms with Crippen molar-refractivity contribution in [3.63, 3.8) is 0 Å². The molecule has 1 aromatic carbocycles. The molecule has 0 atom stereocenters. The van der Waals surface area contributed by atoms with Gasteiger partial charge in [0.2, 0.25) is 0 Å². The molecule has 0 saturated carbocycles. The van der Waals surface area contributed by atoms with E-state index in [0.29, 0.717) is 0 Å². The summed E-state index contributed by atoms with van der Waals surface area (Å²) in [5, 5.41) is 0.731. The van der Waals surface area contributed by atoms with Crippen LogP contribution < -0.4 is 5.73 Å². The number of nitrogen functional groups attached to an aromatic ring is 1. The quantitative estimate of drug-likeness (QED) is 0.769. The lowest BCUT2D eigenvalue weighted by Gasteiger charge is -2.07. The maximum atomic E-state index is 6.08. The molecule has 4 nitrogen and oxygen atoms in total. The first-order chi connectivity index (χ1) is 9.61. The van der Waals surface area contributed by atoms with Gasteiger partial charge in [-0.05, 0) is 43.1 Å². The van der Waals surface area contributed by atoms with E-state index < -0.39 is 0 Å². The summed E-state index contributed by atoms with van der Waals surface area (Å²) >= 11 is 4.83. The first-order valence-electron chi connectivity index (χ1n) is 6.49. The van der Waals surface area contributed by atoms with E-state index in [-0.39, 0.29) is 0 Å². The smallest absolute Gasteiger partial charge is 0.146 e. The summed E-state index contributed by atoms with van der Waals surface area (Å²) in [5.41, 5.74) is 10.1. The van der Waals surface area contributed by atoms with E-state index >= 15 is 0 Å². The normalized spacial score (nSPS) is 11.3. The zero-order valence-corrected chi connectivity index (χ0v) is 13.8. The zero-order chi connectivity index (χ0) is 14.3. The molecular weight excluding hydrogens is 336 g/mol. The van der Waals surface area contributed by atoms with Gasteiger partial charge in [-0.2, -0.15) is 4.37 Å². The van der Waals surface area contributed by atoms with E-state index in [1.165, 1.54) is 11.5 Å². The van der Waals surface area contributed by atoms with Gasteiger partial charge in [0.15, 0.2) is 0 Å². The molecule has 2 N–H and O–H groups in total. The SMILES string of the molecule is CCCn1c(-c2c(C)nsc2N)nc2cc(Br)ccc21. The average Bonchev–Trinajstić information content (AvgIpc) is 2.91. The maximum Gasteiger partial charge on any atom is 0.146 e. The fourth-order valence-electron chi connectivity index (χ4n) is 2.40. The lowest BCUT2D eigenvalue weighted by molar-refractivity contribution is 0.704. The van der Waals surface area contributed by atoms with Gasteiger partial charge in [0.05, 0.1) is 22.3 Å². The Morgan fingerprint density at radius 1 is 1.40 bits per heavy atom. The number of benzene rings is 1. The van der Waals surface area contributed by atoms with Crippen LogP contribution in [0.5, 0.6) is 0 Å². The van der Waals surface area contributed by atoms with Crippen molar-refractivity contribution >= 4 is 43.5 Å². The Hall–Kier alpha value is -1.40. The van der Waals surface area contributed by atoms with Crippen LogP contribution in [0, 0.1) is 6.92 Å². The predicted molar refractivity (Wildman–Crippen MR) is 88.0 cm³/mol. The second-order valence-electron chi connectivity index (χ2n) is 4.73. The van der Waals surface area contributed by atoms with Crippen molar-refractivity contribution < 1.29 is 0 Å². The topological polar surface area (TPSA) is 56.7 Å². The summed E-state index contributed by atoms with van der Waals surface area (Å²) < 4.78 is 7.60.